The highest BCUT2D eigenvalue weighted by molar-refractivity contribution is 5.95. The van der Waals surface area contributed by atoms with Crippen molar-refractivity contribution in [2.24, 2.45) is 0 Å². The highest BCUT2D eigenvalue weighted by Gasteiger charge is 2.08. The second kappa shape index (κ2) is 8.04. The molecule has 6 nitrogen and oxygen atoms in total. The smallest absolute Gasteiger partial charge is 0.303 e. The first kappa shape index (κ1) is 16.7. The molecule has 0 aromatic heterocycles. The van der Waals surface area contributed by atoms with Gasteiger partial charge in [0, 0.05) is 18.4 Å². The van der Waals surface area contributed by atoms with E-state index >= 15 is 0 Å². The zero-order chi connectivity index (χ0) is 15.8. The predicted octanol–water partition coefficient (Wildman–Crippen LogP) is 1.83. The number of aliphatic carboxylic acids is 1. The van der Waals surface area contributed by atoms with E-state index in [9.17, 15) is 14.4 Å². The number of carboxylic acids is 1. The SMILES string of the molecule is CC(C)c1ccc(C(=O)NNC(=O)CCCC(=O)O)cc1. The molecule has 0 fully saturated rings. The molecule has 21 heavy (non-hydrogen) atoms. The summed E-state index contributed by atoms with van der Waals surface area (Å²) in [7, 11) is 0. The van der Waals surface area contributed by atoms with Crippen molar-refractivity contribution in [2.75, 3.05) is 0 Å². The molecule has 0 aliphatic carbocycles. The van der Waals surface area contributed by atoms with Gasteiger partial charge in [-0.15, -0.1) is 0 Å². The summed E-state index contributed by atoms with van der Waals surface area (Å²) >= 11 is 0. The monoisotopic (exact) mass is 292 g/mol. The third kappa shape index (κ3) is 6.07. The molecule has 0 spiro atoms. The van der Waals surface area contributed by atoms with Crippen molar-refractivity contribution < 1.29 is 19.5 Å². The Morgan fingerprint density at radius 1 is 1.05 bits per heavy atom. The number of hydrogen-bond acceptors (Lipinski definition) is 3. The topological polar surface area (TPSA) is 95.5 Å². The molecule has 1 aromatic carbocycles. The number of benzene rings is 1. The van der Waals surface area contributed by atoms with Crippen molar-refractivity contribution in [1.82, 2.24) is 10.9 Å². The molecule has 114 valence electrons. The van der Waals surface area contributed by atoms with Crippen LogP contribution in [0.25, 0.3) is 0 Å². The molecule has 0 saturated heterocycles. The zero-order valence-corrected chi connectivity index (χ0v) is 12.2. The van der Waals surface area contributed by atoms with Crippen LogP contribution in [0.15, 0.2) is 24.3 Å². The Kier molecular flexibility index (Phi) is 6.39. The van der Waals surface area contributed by atoms with E-state index in [1.807, 2.05) is 12.1 Å². The van der Waals surface area contributed by atoms with Crippen molar-refractivity contribution >= 4 is 17.8 Å². The molecule has 0 heterocycles. The first-order valence-corrected chi connectivity index (χ1v) is 6.81. The Labute approximate surface area is 123 Å². The normalized spacial score (nSPS) is 10.2. The van der Waals surface area contributed by atoms with Crippen LogP contribution in [-0.2, 0) is 9.59 Å². The molecule has 2 amide bonds. The van der Waals surface area contributed by atoms with E-state index in [1.165, 1.54) is 0 Å². The number of carbonyl (C=O) groups is 3. The molecule has 0 bridgehead atoms. The average molecular weight is 292 g/mol. The maximum atomic E-state index is 11.8. The molecule has 6 heteroatoms. The Morgan fingerprint density at radius 2 is 1.67 bits per heavy atom. The summed E-state index contributed by atoms with van der Waals surface area (Å²) in [6.07, 6.45) is 0.219. The van der Waals surface area contributed by atoms with Gasteiger partial charge in [0.2, 0.25) is 5.91 Å². The van der Waals surface area contributed by atoms with Crippen LogP contribution in [0.1, 0.15) is 54.9 Å². The van der Waals surface area contributed by atoms with Gasteiger partial charge in [0.25, 0.3) is 5.91 Å². The standard InChI is InChI=1S/C15H20N2O4/c1-10(2)11-6-8-12(9-7-11)15(21)17-16-13(18)4-3-5-14(19)20/h6-10H,3-5H2,1-2H3,(H,16,18)(H,17,21)(H,19,20). The van der Waals surface area contributed by atoms with Crippen molar-refractivity contribution in [2.45, 2.75) is 39.0 Å². The number of nitrogens with one attached hydrogen (secondary N) is 2. The van der Waals surface area contributed by atoms with Crippen LogP contribution >= 0.6 is 0 Å². The summed E-state index contributed by atoms with van der Waals surface area (Å²) in [5.41, 5.74) is 6.14. The fourth-order valence-electron chi connectivity index (χ4n) is 1.68. The quantitative estimate of drug-likeness (QED) is 0.697. The molecule has 0 unspecified atom stereocenters. The van der Waals surface area contributed by atoms with E-state index in [-0.39, 0.29) is 19.3 Å². The van der Waals surface area contributed by atoms with Gasteiger partial charge in [0.15, 0.2) is 0 Å². The number of hydrazine groups is 1. The summed E-state index contributed by atoms with van der Waals surface area (Å²) in [6, 6.07) is 7.13. The second-order valence-electron chi connectivity index (χ2n) is 5.03. The van der Waals surface area contributed by atoms with Gasteiger partial charge in [0.1, 0.15) is 0 Å². The number of rotatable bonds is 6. The molecule has 0 radical (unpaired) electrons. The van der Waals surface area contributed by atoms with E-state index < -0.39 is 17.8 Å². The minimum Gasteiger partial charge on any atom is -0.481 e. The molecule has 1 rings (SSSR count). The van der Waals surface area contributed by atoms with Gasteiger partial charge in [-0.25, -0.2) is 0 Å². The van der Waals surface area contributed by atoms with Crippen LogP contribution < -0.4 is 10.9 Å². The highest BCUT2D eigenvalue weighted by atomic mass is 16.4. The van der Waals surface area contributed by atoms with Gasteiger partial charge in [-0.1, -0.05) is 26.0 Å². The number of carboxylic acid groups (broad SMARTS) is 1. The lowest BCUT2D eigenvalue weighted by Crippen LogP contribution is -2.41. The lowest BCUT2D eigenvalue weighted by Gasteiger charge is -2.09. The van der Waals surface area contributed by atoms with Crippen LogP contribution in [0.4, 0.5) is 0 Å². The van der Waals surface area contributed by atoms with E-state index in [4.69, 9.17) is 5.11 Å². The summed E-state index contributed by atoms with van der Waals surface area (Å²) in [5.74, 6) is -1.38. The molecular weight excluding hydrogens is 272 g/mol. The van der Waals surface area contributed by atoms with Gasteiger partial charge >= 0.3 is 5.97 Å². The van der Waals surface area contributed by atoms with Crippen molar-refractivity contribution in [3.63, 3.8) is 0 Å². The summed E-state index contributed by atoms with van der Waals surface area (Å²) in [5, 5.41) is 8.45. The highest BCUT2D eigenvalue weighted by Crippen LogP contribution is 2.14. The number of amides is 2. The van der Waals surface area contributed by atoms with Gasteiger partial charge < -0.3 is 5.11 Å². The third-order valence-corrected chi connectivity index (χ3v) is 2.95. The maximum Gasteiger partial charge on any atom is 0.303 e. The van der Waals surface area contributed by atoms with Crippen LogP contribution in [0, 0.1) is 0 Å². The molecular formula is C15H20N2O4. The molecule has 0 aliphatic heterocycles. The van der Waals surface area contributed by atoms with Gasteiger partial charge in [-0.3, -0.25) is 25.2 Å². The van der Waals surface area contributed by atoms with Gasteiger partial charge in [-0.05, 0) is 30.0 Å². The lowest BCUT2D eigenvalue weighted by molar-refractivity contribution is -0.137. The minimum absolute atomic E-state index is 0.0544. The summed E-state index contributed by atoms with van der Waals surface area (Å²) < 4.78 is 0. The zero-order valence-electron chi connectivity index (χ0n) is 12.2. The predicted molar refractivity (Wildman–Crippen MR) is 77.6 cm³/mol. The lowest BCUT2D eigenvalue weighted by atomic mass is 10.0. The first-order chi connectivity index (χ1) is 9.90. The van der Waals surface area contributed by atoms with Gasteiger partial charge in [-0.2, -0.15) is 0 Å². The first-order valence-electron chi connectivity index (χ1n) is 6.81. The molecule has 0 aliphatic rings. The second-order valence-corrected chi connectivity index (χ2v) is 5.03. The van der Waals surface area contributed by atoms with Crippen LogP contribution in [-0.4, -0.2) is 22.9 Å². The fourth-order valence-corrected chi connectivity index (χ4v) is 1.68. The summed E-state index contributed by atoms with van der Waals surface area (Å²) in [6.45, 7) is 4.12. The Bertz CT molecular complexity index is 509. The Morgan fingerprint density at radius 3 is 2.19 bits per heavy atom. The molecule has 0 saturated carbocycles. The largest absolute Gasteiger partial charge is 0.481 e. The van der Waals surface area contributed by atoms with E-state index in [1.54, 1.807) is 12.1 Å². The van der Waals surface area contributed by atoms with Crippen LogP contribution in [0.2, 0.25) is 0 Å². The summed E-state index contributed by atoms with van der Waals surface area (Å²) in [4.78, 5) is 33.5. The van der Waals surface area contributed by atoms with Crippen molar-refractivity contribution in [3.05, 3.63) is 35.4 Å². The minimum atomic E-state index is -0.947. The van der Waals surface area contributed by atoms with E-state index in [2.05, 4.69) is 24.7 Å². The molecule has 3 N–H and O–H groups in total. The van der Waals surface area contributed by atoms with Gasteiger partial charge in [0.05, 0.1) is 0 Å². The fraction of sp³-hybridized carbons (Fsp3) is 0.400. The number of carbonyl (C=O) groups excluding carboxylic acids is 2. The van der Waals surface area contributed by atoms with E-state index in [0.29, 0.717) is 11.5 Å². The van der Waals surface area contributed by atoms with Crippen molar-refractivity contribution in [1.29, 1.82) is 0 Å². The number of hydrogen-bond donors (Lipinski definition) is 3. The van der Waals surface area contributed by atoms with Crippen LogP contribution in [0.3, 0.4) is 0 Å². The average Bonchev–Trinajstić information content (AvgIpc) is 2.44. The van der Waals surface area contributed by atoms with Crippen molar-refractivity contribution in [3.8, 4) is 0 Å². The molecule has 1 aromatic rings. The maximum absolute atomic E-state index is 11.8. The Balaban J connectivity index is 2.39. The van der Waals surface area contributed by atoms with Crippen LogP contribution in [0.5, 0.6) is 0 Å². The molecule has 0 atom stereocenters. The van der Waals surface area contributed by atoms with E-state index in [0.717, 1.165) is 5.56 Å². The Hall–Kier alpha value is -2.37. The third-order valence-electron chi connectivity index (χ3n) is 2.95.